The zero-order valence-corrected chi connectivity index (χ0v) is 25.9. The second-order valence-corrected chi connectivity index (χ2v) is 16.9. The van der Waals surface area contributed by atoms with Gasteiger partial charge in [0, 0.05) is 30.2 Å². The summed E-state index contributed by atoms with van der Waals surface area (Å²) >= 11 is 0. The molecule has 1 fully saturated rings. The number of benzene rings is 2. The molecule has 41 heavy (non-hydrogen) atoms. The van der Waals surface area contributed by atoms with Crippen molar-refractivity contribution in [2.75, 3.05) is 34.2 Å². The Labute approximate surface area is 242 Å². The van der Waals surface area contributed by atoms with Gasteiger partial charge in [0.25, 0.3) is 0 Å². The normalized spacial score (nSPS) is 24.1. The van der Waals surface area contributed by atoms with Crippen LogP contribution in [-0.2, 0) is 18.7 Å². The molecule has 0 saturated carbocycles. The Morgan fingerprint density at radius 3 is 2.44 bits per heavy atom. The molecule has 222 valence electrons. The van der Waals surface area contributed by atoms with E-state index in [0.29, 0.717) is 34.3 Å². The summed E-state index contributed by atoms with van der Waals surface area (Å²) in [6, 6.07) is 9.38. The average molecular weight is 585 g/mol. The molecule has 9 nitrogen and oxygen atoms in total. The molecule has 1 saturated heterocycles. The highest BCUT2D eigenvalue weighted by molar-refractivity contribution is 6.74. The van der Waals surface area contributed by atoms with Gasteiger partial charge in [0.1, 0.15) is 5.75 Å². The van der Waals surface area contributed by atoms with E-state index in [-0.39, 0.29) is 36.9 Å². The van der Waals surface area contributed by atoms with Crippen molar-refractivity contribution in [3.63, 3.8) is 0 Å². The lowest BCUT2D eigenvalue weighted by molar-refractivity contribution is -0.144. The number of rotatable bonds is 9. The third kappa shape index (κ3) is 5.52. The molecule has 3 aliphatic heterocycles. The van der Waals surface area contributed by atoms with Crippen LogP contribution >= 0.6 is 0 Å². The maximum Gasteiger partial charge on any atom is 0.312 e. The highest BCUT2D eigenvalue weighted by atomic mass is 28.4. The van der Waals surface area contributed by atoms with Gasteiger partial charge in [0.2, 0.25) is 6.79 Å². The van der Waals surface area contributed by atoms with Crippen molar-refractivity contribution >= 4 is 14.3 Å². The molecule has 0 radical (unpaired) electrons. The minimum atomic E-state index is -2.36. The van der Waals surface area contributed by atoms with E-state index in [1.165, 1.54) is 0 Å². The van der Waals surface area contributed by atoms with Crippen LogP contribution in [0, 0.1) is 11.8 Å². The summed E-state index contributed by atoms with van der Waals surface area (Å²) in [6.45, 7) is 15.5. The lowest BCUT2D eigenvalue weighted by Crippen LogP contribution is -2.44. The van der Waals surface area contributed by atoms with E-state index in [0.717, 1.165) is 5.56 Å². The zero-order chi connectivity index (χ0) is 29.5. The molecule has 5 rings (SSSR count). The van der Waals surface area contributed by atoms with Crippen LogP contribution in [0.1, 0.15) is 44.1 Å². The zero-order valence-electron chi connectivity index (χ0n) is 24.9. The number of methoxy groups -OCH3 is 2. The highest BCUT2D eigenvalue weighted by Crippen LogP contribution is 2.51. The fourth-order valence-corrected chi connectivity index (χ4v) is 6.44. The van der Waals surface area contributed by atoms with E-state index >= 15 is 0 Å². The van der Waals surface area contributed by atoms with Gasteiger partial charge in [-0.25, -0.2) is 0 Å². The first-order valence-corrected chi connectivity index (χ1v) is 16.8. The van der Waals surface area contributed by atoms with Crippen LogP contribution in [-0.4, -0.2) is 54.6 Å². The fourth-order valence-electron chi connectivity index (χ4n) is 5.18. The first-order chi connectivity index (χ1) is 19.5. The highest BCUT2D eigenvalue weighted by Gasteiger charge is 2.49. The van der Waals surface area contributed by atoms with Gasteiger partial charge < -0.3 is 37.6 Å². The molecule has 2 aromatic rings. The number of esters is 1. The topological polar surface area (TPSA) is 90.9 Å². The van der Waals surface area contributed by atoms with Gasteiger partial charge in [0.05, 0.1) is 32.3 Å². The fraction of sp³-hybridized carbons (Fsp3) is 0.516. The monoisotopic (exact) mass is 584 g/mol. The second-order valence-electron chi connectivity index (χ2n) is 12.2. The summed E-state index contributed by atoms with van der Waals surface area (Å²) in [5.74, 6) is 1.83. The van der Waals surface area contributed by atoms with E-state index in [1.54, 1.807) is 26.4 Å². The molecule has 3 aliphatic rings. The number of fused-ring (bicyclic) bond motifs is 2. The van der Waals surface area contributed by atoms with E-state index in [9.17, 15) is 4.79 Å². The van der Waals surface area contributed by atoms with Crippen LogP contribution in [0.15, 0.2) is 43.0 Å². The van der Waals surface area contributed by atoms with E-state index in [1.807, 2.05) is 24.3 Å². The van der Waals surface area contributed by atoms with Crippen molar-refractivity contribution in [2.24, 2.45) is 11.8 Å². The lowest BCUT2D eigenvalue weighted by Gasteiger charge is -2.41. The molecule has 2 aromatic carbocycles. The van der Waals surface area contributed by atoms with E-state index in [2.05, 4.69) is 40.4 Å². The van der Waals surface area contributed by atoms with E-state index in [4.69, 9.17) is 37.6 Å². The van der Waals surface area contributed by atoms with Gasteiger partial charge in [-0.2, -0.15) is 0 Å². The molecule has 0 bridgehead atoms. The van der Waals surface area contributed by atoms with Crippen molar-refractivity contribution < 1.29 is 42.4 Å². The van der Waals surface area contributed by atoms with Crippen molar-refractivity contribution in [1.29, 1.82) is 0 Å². The third-order valence-electron chi connectivity index (χ3n) is 8.54. The predicted octanol–water partition coefficient (Wildman–Crippen LogP) is 5.99. The van der Waals surface area contributed by atoms with Crippen LogP contribution in [0.2, 0.25) is 18.1 Å². The van der Waals surface area contributed by atoms with Crippen molar-refractivity contribution in [2.45, 2.75) is 57.2 Å². The Kier molecular flexibility index (Phi) is 8.02. The van der Waals surface area contributed by atoms with Crippen molar-refractivity contribution in [3.8, 4) is 28.7 Å². The molecule has 5 atom stereocenters. The molecule has 3 heterocycles. The van der Waals surface area contributed by atoms with Gasteiger partial charge in [-0.3, -0.25) is 4.79 Å². The molecular weight excluding hydrogens is 544 g/mol. The van der Waals surface area contributed by atoms with Crippen LogP contribution in [0.5, 0.6) is 28.7 Å². The molecule has 10 heteroatoms. The maximum absolute atomic E-state index is 13.1. The Morgan fingerprint density at radius 1 is 1.02 bits per heavy atom. The number of carbonyl (C=O) groups excluding carboxylic acids is 1. The average Bonchev–Trinajstić information content (AvgIpc) is 3.55. The summed E-state index contributed by atoms with van der Waals surface area (Å²) in [6.07, 6.45) is 0.213. The third-order valence-corrected chi connectivity index (χ3v) is 13.0. The minimum Gasteiger partial charge on any atom is -0.496 e. The Balaban J connectivity index is 1.57. The summed E-state index contributed by atoms with van der Waals surface area (Å²) < 4.78 is 48.0. The number of hydrogen-bond donors (Lipinski definition) is 0. The standard InChI is InChI=1S/C31H40O9Si/c1-9-18-15-35-30(32)27(18)29(40-41(7,8)31(2,3)4)20-13-24-25(14-22(20)34-6)39-28(26(38-24)16-33-5)19-10-11-21-23(12-19)37-17-36-21/h9-14,18,26-29H,1,15-17H2,2-8H3/t18-,26-,27-,28-,29-/m1/s1. The summed E-state index contributed by atoms with van der Waals surface area (Å²) in [4.78, 5) is 13.1. The largest absolute Gasteiger partial charge is 0.496 e. The van der Waals surface area contributed by atoms with Crippen molar-refractivity contribution in [3.05, 3.63) is 54.1 Å². The predicted molar refractivity (Wildman–Crippen MR) is 154 cm³/mol. The first kappa shape index (κ1) is 29.3. The van der Waals surface area contributed by atoms with Gasteiger partial charge in [-0.1, -0.05) is 32.9 Å². The first-order valence-electron chi connectivity index (χ1n) is 13.9. The number of hydrogen-bond acceptors (Lipinski definition) is 9. The van der Waals surface area contributed by atoms with Crippen LogP contribution in [0.4, 0.5) is 0 Å². The number of cyclic esters (lactones) is 1. The number of carbonyl (C=O) groups is 1. The SMILES string of the molecule is C=C[C@@H]1COC(=O)[C@H]1[C@H](O[Si](C)(C)C(C)(C)C)c1cc2c(cc1OC)O[C@H](c1ccc3c(c1)OCO3)[C@@H](COC)O2. The second kappa shape index (κ2) is 11.2. The molecule has 0 aromatic heterocycles. The lowest BCUT2D eigenvalue weighted by atomic mass is 9.86. The Hall–Kier alpha value is -3.21. The van der Waals surface area contributed by atoms with Gasteiger partial charge >= 0.3 is 5.97 Å². The number of ether oxygens (including phenoxy) is 7. The quantitative estimate of drug-likeness (QED) is 0.200. The summed E-state index contributed by atoms with van der Waals surface area (Å²) in [7, 11) is 0.858. The summed E-state index contributed by atoms with van der Waals surface area (Å²) in [5, 5.41) is -0.0973. The molecular formula is C31H40O9Si. The van der Waals surface area contributed by atoms with Crippen LogP contribution in [0.3, 0.4) is 0 Å². The van der Waals surface area contributed by atoms with Gasteiger partial charge in [-0.15, -0.1) is 6.58 Å². The molecule has 0 aliphatic carbocycles. The molecule has 0 spiro atoms. The summed E-state index contributed by atoms with van der Waals surface area (Å²) in [5.41, 5.74) is 1.57. The Morgan fingerprint density at radius 2 is 1.76 bits per heavy atom. The van der Waals surface area contributed by atoms with Crippen LogP contribution in [0.25, 0.3) is 0 Å². The van der Waals surface area contributed by atoms with Gasteiger partial charge in [0.15, 0.2) is 43.5 Å². The molecule has 0 unspecified atom stereocenters. The Bertz CT molecular complexity index is 1300. The molecule has 0 N–H and O–H groups in total. The maximum atomic E-state index is 13.1. The van der Waals surface area contributed by atoms with Gasteiger partial charge in [-0.05, 0) is 36.3 Å². The minimum absolute atomic E-state index is 0.0973. The van der Waals surface area contributed by atoms with Crippen LogP contribution < -0.4 is 23.7 Å². The van der Waals surface area contributed by atoms with E-state index < -0.39 is 32.5 Å². The smallest absolute Gasteiger partial charge is 0.312 e. The van der Waals surface area contributed by atoms with Crippen molar-refractivity contribution in [1.82, 2.24) is 0 Å². The molecule has 0 amide bonds.